The predicted octanol–water partition coefficient (Wildman–Crippen LogP) is 5.15. The summed E-state index contributed by atoms with van der Waals surface area (Å²) in [6.07, 6.45) is 2.29. The number of carbonyl (C=O) groups is 2. The van der Waals surface area contributed by atoms with Crippen LogP contribution in [-0.2, 0) is 22.5 Å². The molecular formula is C30H35ClN2O6. The molecule has 2 aromatic carbocycles. The molecule has 1 aliphatic heterocycles. The molecule has 0 unspecified atom stereocenters. The van der Waals surface area contributed by atoms with Crippen LogP contribution < -0.4 is 9.47 Å². The lowest BCUT2D eigenvalue weighted by atomic mass is 10.1. The SMILES string of the molecule is COc1ccc(CCN(Cc2ccc(C)o2)C(=O)CN(C[C@H]2CCCO2)C(=O)c2ccc(Cl)cc2)cc1OC. The van der Waals surface area contributed by atoms with Crippen LogP contribution in [0.5, 0.6) is 11.5 Å². The maximum atomic E-state index is 13.8. The molecule has 0 aliphatic carbocycles. The number of nitrogens with zero attached hydrogens (tertiary/aromatic N) is 2. The number of hydrogen-bond acceptors (Lipinski definition) is 6. The Morgan fingerprint density at radius 2 is 1.77 bits per heavy atom. The van der Waals surface area contributed by atoms with Crippen LogP contribution in [-0.4, -0.2) is 68.2 Å². The van der Waals surface area contributed by atoms with Crippen molar-refractivity contribution in [3.8, 4) is 11.5 Å². The number of aryl methyl sites for hydroxylation is 1. The fourth-order valence-electron chi connectivity index (χ4n) is 4.64. The Balaban J connectivity index is 1.53. The Labute approximate surface area is 234 Å². The molecule has 1 aromatic heterocycles. The van der Waals surface area contributed by atoms with Gasteiger partial charge in [-0.25, -0.2) is 0 Å². The van der Waals surface area contributed by atoms with E-state index in [1.165, 1.54) is 0 Å². The van der Waals surface area contributed by atoms with Crippen molar-refractivity contribution >= 4 is 23.4 Å². The fraction of sp³-hybridized carbons (Fsp3) is 0.400. The molecule has 0 saturated carbocycles. The molecule has 208 valence electrons. The van der Waals surface area contributed by atoms with Gasteiger partial charge in [0.15, 0.2) is 11.5 Å². The number of ether oxygens (including phenoxy) is 3. The zero-order valence-corrected chi connectivity index (χ0v) is 23.4. The highest BCUT2D eigenvalue weighted by molar-refractivity contribution is 6.30. The van der Waals surface area contributed by atoms with E-state index >= 15 is 0 Å². The van der Waals surface area contributed by atoms with Gasteiger partial charge in [-0.05, 0) is 80.3 Å². The first-order chi connectivity index (χ1) is 18.9. The quantitative estimate of drug-likeness (QED) is 0.308. The number of carbonyl (C=O) groups excluding carboxylic acids is 2. The maximum absolute atomic E-state index is 13.8. The van der Waals surface area contributed by atoms with E-state index in [1.807, 2.05) is 37.3 Å². The molecule has 2 heterocycles. The molecule has 0 spiro atoms. The number of benzene rings is 2. The average Bonchev–Trinajstić information content (AvgIpc) is 3.61. The Bertz CT molecular complexity index is 1250. The summed E-state index contributed by atoms with van der Waals surface area (Å²) in [5, 5.41) is 0.545. The molecule has 4 rings (SSSR count). The van der Waals surface area contributed by atoms with E-state index in [2.05, 4.69) is 0 Å². The van der Waals surface area contributed by atoms with E-state index in [9.17, 15) is 9.59 Å². The smallest absolute Gasteiger partial charge is 0.254 e. The zero-order valence-electron chi connectivity index (χ0n) is 22.7. The number of halogens is 1. The van der Waals surface area contributed by atoms with Crippen LogP contribution >= 0.6 is 11.6 Å². The van der Waals surface area contributed by atoms with Crippen LogP contribution in [0.25, 0.3) is 0 Å². The van der Waals surface area contributed by atoms with Crippen molar-refractivity contribution in [2.75, 3.05) is 40.5 Å². The topological polar surface area (TPSA) is 81.5 Å². The van der Waals surface area contributed by atoms with Gasteiger partial charge in [0, 0.05) is 30.3 Å². The average molecular weight is 555 g/mol. The minimum Gasteiger partial charge on any atom is -0.493 e. The van der Waals surface area contributed by atoms with Gasteiger partial charge in [-0.15, -0.1) is 0 Å². The monoisotopic (exact) mass is 554 g/mol. The first-order valence-electron chi connectivity index (χ1n) is 13.1. The fourth-order valence-corrected chi connectivity index (χ4v) is 4.77. The molecule has 1 atom stereocenters. The summed E-state index contributed by atoms with van der Waals surface area (Å²) >= 11 is 6.03. The molecule has 1 saturated heterocycles. The van der Waals surface area contributed by atoms with E-state index in [-0.39, 0.29) is 24.5 Å². The number of rotatable bonds is 12. The van der Waals surface area contributed by atoms with E-state index in [0.717, 1.165) is 24.2 Å². The summed E-state index contributed by atoms with van der Waals surface area (Å²) in [5.74, 6) is 2.32. The summed E-state index contributed by atoms with van der Waals surface area (Å²) in [4.78, 5) is 30.6. The van der Waals surface area contributed by atoms with Gasteiger partial charge in [0.05, 0.1) is 26.9 Å². The van der Waals surface area contributed by atoms with Gasteiger partial charge in [-0.1, -0.05) is 17.7 Å². The van der Waals surface area contributed by atoms with Crippen molar-refractivity contribution in [3.05, 3.63) is 82.3 Å². The normalized spacial score (nSPS) is 14.7. The molecule has 2 amide bonds. The summed E-state index contributed by atoms with van der Waals surface area (Å²) in [7, 11) is 3.19. The highest BCUT2D eigenvalue weighted by atomic mass is 35.5. The highest BCUT2D eigenvalue weighted by Crippen LogP contribution is 2.28. The van der Waals surface area contributed by atoms with Gasteiger partial charge >= 0.3 is 0 Å². The molecule has 0 bridgehead atoms. The Hall–Kier alpha value is -3.49. The third-order valence-corrected chi connectivity index (χ3v) is 7.02. The van der Waals surface area contributed by atoms with Crippen molar-refractivity contribution in [1.82, 2.24) is 9.80 Å². The minimum absolute atomic E-state index is 0.0764. The number of hydrogen-bond donors (Lipinski definition) is 0. The van der Waals surface area contributed by atoms with Crippen molar-refractivity contribution in [1.29, 1.82) is 0 Å². The number of amides is 2. The first-order valence-corrected chi connectivity index (χ1v) is 13.4. The molecular weight excluding hydrogens is 520 g/mol. The van der Waals surface area contributed by atoms with Gasteiger partial charge in [0.2, 0.25) is 5.91 Å². The summed E-state index contributed by atoms with van der Waals surface area (Å²) < 4.78 is 22.4. The lowest BCUT2D eigenvalue weighted by Gasteiger charge is -2.29. The van der Waals surface area contributed by atoms with E-state index in [4.69, 9.17) is 30.2 Å². The van der Waals surface area contributed by atoms with Crippen LogP contribution in [0, 0.1) is 6.92 Å². The minimum atomic E-state index is -0.232. The van der Waals surface area contributed by atoms with Crippen molar-refractivity contribution in [2.24, 2.45) is 0 Å². The zero-order chi connectivity index (χ0) is 27.8. The van der Waals surface area contributed by atoms with Gasteiger partial charge in [-0.3, -0.25) is 9.59 Å². The molecule has 0 radical (unpaired) electrons. The second kappa shape index (κ2) is 13.5. The first kappa shape index (κ1) is 28.5. The third kappa shape index (κ3) is 7.77. The summed E-state index contributed by atoms with van der Waals surface area (Å²) in [6, 6.07) is 16.2. The van der Waals surface area contributed by atoms with E-state index in [0.29, 0.717) is 60.5 Å². The highest BCUT2D eigenvalue weighted by Gasteiger charge is 2.27. The second-order valence-corrected chi connectivity index (χ2v) is 10.0. The van der Waals surface area contributed by atoms with Crippen LogP contribution in [0.1, 0.15) is 40.3 Å². The Morgan fingerprint density at radius 3 is 2.41 bits per heavy atom. The van der Waals surface area contributed by atoms with Crippen LogP contribution in [0.4, 0.5) is 0 Å². The van der Waals surface area contributed by atoms with E-state index in [1.54, 1.807) is 48.3 Å². The predicted molar refractivity (Wildman–Crippen MR) is 148 cm³/mol. The van der Waals surface area contributed by atoms with Crippen LogP contribution in [0.3, 0.4) is 0 Å². The standard InChI is InChI=1S/C30H35ClN2O6/c1-21-6-12-26(39-21)19-32(15-14-22-7-13-27(36-2)28(17-22)37-3)29(34)20-33(18-25-5-4-16-38-25)30(35)23-8-10-24(31)11-9-23/h6-13,17,25H,4-5,14-16,18-20H2,1-3H3/t25-/m1/s1. The lowest BCUT2D eigenvalue weighted by molar-refractivity contribution is -0.133. The molecule has 9 heteroatoms. The summed E-state index contributed by atoms with van der Waals surface area (Å²) in [5.41, 5.74) is 1.47. The lowest BCUT2D eigenvalue weighted by Crippen LogP contribution is -2.46. The number of methoxy groups -OCH3 is 2. The Morgan fingerprint density at radius 1 is 1.00 bits per heavy atom. The molecule has 8 nitrogen and oxygen atoms in total. The van der Waals surface area contributed by atoms with Gasteiger partial charge < -0.3 is 28.4 Å². The second-order valence-electron chi connectivity index (χ2n) is 9.59. The molecule has 3 aromatic rings. The van der Waals surface area contributed by atoms with Gasteiger partial charge in [0.25, 0.3) is 5.91 Å². The maximum Gasteiger partial charge on any atom is 0.254 e. The van der Waals surface area contributed by atoms with Crippen LogP contribution in [0.15, 0.2) is 59.0 Å². The van der Waals surface area contributed by atoms with Crippen molar-refractivity contribution < 1.29 is 28.2 Å². The largest absolute Gasteiger partial charge is 0.493 e. The van der Waals surface area contributed by atoms with Crippen molar-refractivity contribution in [2.45, 2.75) is 38.8 Å². The molecule has 39 heavy (non-hydrogen) atoms. The molecule has 0 N–H and O–H groups in total. The molecule has 1 fully saturated rings. The van der Waals surface area contributed by atoms with Crippen LogP contribution in [0.2, 0.25) is 5.02 Å². The third-order valence-electron chi connectivity index (χ3n) is 6.77. The van der Waals surface area contributed by atoms with Crippen molar-refractivity contribution in [3.63, 3.8) is 0 Å². The Kier molecular flexibility index (Phi) is 9.90. The summed E-state index contributed by atoms with van der Waals surface area (Å²) in [6.45, 7) is 3.52. The van der Waals surface area contributed by atoms with Gasteiger partial charge in [0.1, 0.15) is 18.1 Å². The molecule has 1 aliphatic rings. The van der Waals surface area contributed by atoms with Gasteiger partial charge in [-0.2, -0.15) is 0 Å². The van der Waals surface area contributed by atoms with E-state index < -0.39 is 0 Å². The number of furan rings is 1.